The van der Waals surface area contributed by atoms with Crippen LogP contribution in [0.2, 0.25) is 5.02 Å². The minimum absolute atomic E-state index is 0.0375. The molecule has 0 amide bonds. The van der Waals surface area contributed by atoms with Crippen LogP contribution in [0.25, 0.3) is 0 Å². The van der Waals surface area contributed by atoms with Crippen LogP contribution in [0.4, 0.5) is 0 Å². The molecule has 2 atom stereocenters. The molecule has 2 N–H and O–H groups in total. The Morgan fingerprint density at radius 2 is 1.96 bits per heavy atom. The summed E-state index contributed by atoms with van der Waals surface area (Å²) in [6.07, 6.45) is 8.93. The van der Waals surface area contributed by atoms with E-state index in [0.29, 0.717) is 6.04 Å². The zero-order valence-corrected chi connectivity index (χ0v) is 15.7. The molecule has 4 heteroatoms. The zero-order valence-electron chi connectivity index (χ0n) is 15.0. The van der Waals surface area contributed by atoms with Gasteiger partial charge < -0.3 is 15.5 Å². The summed E-state index contributed by atoms with van der Waals surface area (Å²) in [7, 11) is 2.09. The molecule has 3 nitrogen and oxygen atoms in total. The van der Waals surface area contributed by atoms with E-state index in [1.165, 1.54) is 63.7 Å². The Bertz CT molecular complexity index is 515. The van der Waals surface area contributed by atoms with E-state index in [9.17, 15) is 0 Å². The van der Waals surface area contributed by atoms with E-state index in [4.69, 9.17) is 11.6 Å². The Morgan fingerprint density at radius 3 is 2.71 bits per heavy atom. The van der Waals surface area contributed by atoms with Crippen molar-refractivity contribution < 1.29 is 0 Å². The highest BCUT2D eigenvalue weighted by atomic mass is 35.5. The summed E-state index contributed by atoms with van der Waals surface area (Å²) in [6.45, 7) is 4.92. The second-order valence-corrected chi connectivity index (χ2v) is 7.76. The van der Waals surface area contributed by atoms with Gasteiger partial charge in [-0.15, -0.1) is 0 Å². The maximum atomic E-state index is 6.56. The van der Waals surface area contributed by atoms with Crippen LogP contribution in [0, 0.1) is 0 Å². The fourth-order valence-electron chi connectivity index (χ4n) is 4.61. The Labute approximate surface area is 152 Å². The van der Waals surface area contributed by atoms with Crippen molar-refractivity contribution in [1.29, 1.82) is 0 Å². The van der Waals surface area contributed by atoms with Crippen molar-refractivity contribution >= 4 is 11.6 Å². The first-order valence-electron chi connectivity index (χ1n) is 9.66. The quantitative estimate of drug-likeness (QED) is 0.734. The first-order chi connectivity index (χ1) is 11.8. The number of benzene rings is 1. The molecule has 1 aliphatic heterocycles. The van der Waals surface area contributed by atoms with Gasteiger partial charge in [0, 0.05) is 11.1 Å². The van der Waals surface area contributed by atoms with E-state index in [1.54, 1.807) is 0 Å². The molecule has 2 aliphatic rings. The van der Waals surface area contributed by atoms with Gasteiger partial charge in [-0.05, 0) is 77.0 Å². The van der Waals surface area contributed by atoms with Crippen molar-refractivity contribution in [2.45, 2.75) is 56.5 Å². The fraction of sp³-hybridized carbons (Fsp3) is 0.700. The van der Waals surface area contributed by atoms with Crippen molar-refractivity contribution in [3.8, 4) is 0 Å². The monoisotopic (exact) mass is 349 g/mol. The standard InChI is InChI=1S/C20H32ClN3/c1-22-20(17-9-2-3-10-18(17)21)12-5-4-11-19(20)23-13-8-16-24-14-6-7-15-24/h2-3,9-10,19,22-23H,4-8,11-16H2,1H3/t19-,20-/m0/s1. The third kappa shape index (κ3) is 3.96. The Morgan fingerprint density at radius 1 is 1.17 bits per heavy atom. The van der Waals surface area contributed by atoms with Gasteiger partial charge in [-0.3, -0.25) is 0 Å². The number of nitrogens with zero attached hydrogens (tertiary/aromatic N) is 1. The highest BCUT2D eigenvalue weighted by Gasteiger charge is 2.41. The van der Waals surface area contributed by atoms with Crippen LogP contribution in [0.1, 0.15) is 50.5 Å². The van der Waals surface area contributed by atoms with Crippen molar-refractivity contribution in [1.82, 2.24) is 15.5 Å². The number of hydrogen-bond donors (Lipinski definition) is 2. The Hall–Kier alpha value is -0.610. The maximum absolute atomic E-state index is 6.56. The first-order valence-corrected chi connectivity index (χ1v) is 10.0. The summed E-state index contributed by atoms with van der Waals surface area (Å²) >= 11 is 6.56. The molecule has 3 rings (SSSR count). The molecule has 0 unspecified atom stereocenters. The highest BCUT2D eigenvalue weighted by Crippen LogP contribution is 2.40. The average molecular weight is 350 g/mol. The molecule has 1 aromatic carbocycles. The average Bonchev–Trinajstić information content (AvgIpc) is 3.13. The van der Waals surface area contributed by atoms with Gasteiger partial charge in [0.25, 0.3) is 0 Å². The Balaban J connectivity index is 1.64. The van der Waals surface area contributed by atoms with Crippen molar-refractivity contribution in [3.05, 3.63) is 34.9 Å². The van der Waals surface area contributed by atoms with Crippen LogP contribution in [-0.4, -0.2) is 44.2 Å². The minimum Gasteiger partial charge on any atom is -0.312 e. The van der Waals surface area contributed by atoms with Crippen LogP contribution in [-0.2, 0) is 5.54 Å². The number of nitrogens with one attached hydrogen (secondary N) is 2. The van der Waals surface area contributed by atoms with Crippen LogP contribution < -0.4 is 10.6 Å². The summed E-state index contributed by atoms with van der Waals surface area (Å²) in [6, 6.07) is 8.81. The number of rotatable bonds is 7. The van der Waals surface area contributed by atoms with Gasteiger partial charge in [-0.1, -0.05) is 42.6 Å². The Kier molecular flexibility index (Phi) is 6.56. The van der Waals surface area contributed by atoms with Crippen molar-refractivity contribution in [2.24, 2.45) is 0 Å². The van der Waals surface area contributed by atoms with E-state index in [0.717, 1.165) is 18.0 Å². The fourth-order valence-corrected chi connectivity index (χ4v) is 4.92. The largest absolute Gasteiger partial charge is 0.312 e. The third-order valence-electron chi connectivity index (χ3n) is 5.95. The summed E-state index contributed by atoms with van der Waals surface area (Å²) in [5, 5.41) is 8.40. The molecule has 1 saturated heterocycles. The number of halogens is 1. The normalized spacial score (nSPS) is 28.3. The summed E-state index contributed by atoms with van der Waals surface area (Å²) < 4.78 is 0. The highest BCUT2D eigenvalue weighted by molar-refractivity contribution is 6.31. The third-order valence-corrected chi connectivity index (χ3v) is 6.28. The molecule has 1 saturated carbocycles. The molecular weight excluding hydrogens is 318 g/mol. The first kappa shape index (κ1) is 18.2. The van der Waals surface area contributed by atoms with E-state index in [-0.39, 0.29) is 5.54 Å². The van der Waals surface area contributed by atoms with Crippen molar-refractivity contribution in [2.75, 3.05) is 33.2 Å². The molecule has 2 fully saturated rings. The second-order valence-electron chi connectivity index (χ2n) is 7.36. The molecule has 1 heterocycles. The molecule has 0 radical (unpaired) electrons. The molecule has 134 valence electrons. The lowest BCUT2D eigenvalue weighted by Crippen LogP contribution is -2.58. The summed E-state index contributed by atoms with van der Waals surface area (Å²) in [5.41, 5.74) is 1.22. The van der Waals surface area contributed by atoms with E-state index >= 15 is 0 Å². The second kappa shape index (κ2) is 8.66. The SMILES string of the molecule is CN[C@]1(c2ccccc2Cl)CCCC[C@@H]1NCCCN1CCCC1. The molecule has 1 aromatic rings. The lowest BCUT2D eigenvalue weighted by molar-refractivity contribution is 0.176. The minimum atomic E-state index is -0.0375. The van der Waals surface area contributed by atoms with Gasteiger partial charge >= 0.3 is 0 Å². The van der Waals surface area contributed by atoms with Gasteiger partial charge in [0.05, 0.1) is 5.54 Å². The molecular formula is C20H32ClN3. The number of likely N-dealkylation sites (tertiary alicyclic amines) is 1. The summed E-state index contributed by atoms with van der Waals surface area (Å²) in [4.78, 5) is 2.60. The van der Waals surface area contributed by atoms with Gasteiger partial charge in [-0.25, -0.2) is 0 Å². The van der Waals surface area contributed by atoms with E-state index in [1.807, 2.05) is 12.1 Å². The molecule has 1 aliphatic carbocycles. The van der Waals surface area contributed by atoms with E-state index in [2.05, 4.69) is 34.7 Å². The molecule has 0 bridgehead atoms. The van der Waals surface area contributed by atoms with Crippen LogP contribution in [0.5, 0.6) is 0 Å². The van der Waals surface area contributed by atoms with Gasteiger partial charge in [0.2, 0.25) is 0 Å². The maximum Gasteiger partial charge on any atom is 0.0602 e. The molecule has 24 heavy (non-hydrogen) atoms. The summed E-state index contributed by atoms with van der Waals surface area (Å²) in [5.74, 6) is 0. The number of likely N-dealkylation sites (N-methyl/N-ethyl adjacent to an activating group) is 1. The van der Waals surface area contributed by atoms with Crippen LogP contribution in [0.3, 0.4) is 0 Å². The number of hydrogen-bond acceptors (Lipinski definition) is 3. The van der Waals surface area contributed by atoms with E-state index < -0.39 is 0 Å². The van der Waals surface area contributed by atoms with Crippen LogP contribution >= 0.6 is 11.6 Å². The van der Waals surface area contributed by atoms with Crippen LogP contribution in [0.15, 0.2) is 24.3 Å². The predicted octanol–water partition coefficient (Wildman–Crippen LogP) is 3.77. The lowest BCUT2D eigenvalue weighted by atomic mass is 9.72. The smallest absolute Gasteiger partial charge is 0.0602 e. The van der Waals surface area contributed by atoms with Gasteiger partial charge in [0.1, 0.15) is 0 Å². The topological polar surface area (TPSA) is 27.3 Å². The molecule has 0 aromatic heterocycles. The van der Waals surface area contributed by atoms with Gasteiger partial charge in [-0.2, -0.15) is 0 Å². The lowest BCUT2D eigenvalue weighted by Gasteiger charge is -2.45. The predicted molar refractivity (Wildman–Crippen MR) is 103 cm³/mol. The zero-order chi connectivity index (χ0) is 16.8. The van der Waals surface area contributed by atoms with Gasteiger partial charge in [0.15, 0.2) is 0 Å². The molecule has 0 spiro atoms. The van der Waals surface area contributed by atoms with Crippen molar-refractivity contribution in [3.63, 3.8) is 0 Å².